The molecule has 2 rings (SSSR count). The minimum absolute atomic E-state index is 0.250. The van der Waals surface area contributed by atoms with Crippen molar-refractivity contribution in [2.24, 2.45) is 0 Å². The van der Waals surface area contributed by atoms with Gasteiger partial charge in [0.15, 0.2) is 0 Å². The predicted octanol–water partition coefficient (Wildman–Crippen LogP) is 5.31. The van der Waals surface area contributed by atoms with Crippen molar-refractivity contribution in [1.29, 1.82) is 0 Å². The Bertz CT molecular complexity index is 569. The van der Waals surface area contributed by atoms with E-state index in [9.17, 15) is 4.79 Å². The van der Waals surface area contributed by atoms with E-state index < -0.39 is 5.60 Å². The number of hydrogen-bond acceptors (Lipinski definition) is 4. The molecule has 1 fully saturated rings. The molecule has 0 atom stereocenters. The highest BCUT2D eigenvalue weighted by Gasteiger charge is 2.32. The Kier molecular flexibility index (Phi) is 7.35. The maximum Gasteiger partial charge on any atom is 0.421 e. The van der Waals surface area contributed by atoms with Crippen LogP contribution in [0.3, 0.4) is 0 Å². The number of nitrogens with zero attached hydrogens (tertiary/aromatic N) is 1. The number of amides is 1. The fourth-order valence-electron chi connectivity index (χ4n) is 2.07. The standard InChI is InChI=1S/C18H27NO2S.CH2O2/c1-17(2,3)19(16(20)21-18(4,5)6)22-15-11-9-14(10-12-15)13-7-8-13;2-1-3/h9-13H,7-8H2,1-6H3;1H,(H,2,3). The lowest BCUT2D eigenvalue weighted by Crippen LogP contribution is -2.43. The van der Waals surface area contributed by atoms with Gasteiger partial charge in [0.2, 0.25) is 0 Å². The fraction of sp³-hybridized carbons (Fsp3) is 0.579. The highest BCUT2D eigenvalue weighted by molar-refractivity contribution is 7.97. The van der Waals surface area contributed by atoms with Crippen molar-refractivity contribution in [2.75, 3.05) is 0 Å². The Hall–Kier alpha value is -1.69. The first kappa shape index (κ1) is 21.4. The Labute approximate surface area is 154 Å². The summed E-state index contributed by atoms with van der Waals surface area (Å²) in [7, 11) is 0. The largest absolute Gasteiger partial charge is 0.483 e. The number of carboxylic acid groups (broad SMARTS) is 1. The van der Waals surface area contributed by atoms with Crippen molar-refractivity contribution < 1.29 is 19.4 Å². The number of hydrogen-bond donors (Lipinski definition) is 1. The van der Waals surface area contributed by atoms with Gasteiger partial charge in [0.25, 0.3) is 6.47 Å². The van der Waals surface area contributed by atoms with Gasteiger partial charge in [0.1, 0.15) is 5.60 Å². The molecule has 0 aromatic heterocycles. The van der Waals surface area contributed by atoms with E-state index in [4.69, 9.17) is 14.6 Å². The summed E-state index contributed by atoms with van der Waals surface area (Å²) in [6.45, 7) is 11.5. The maximum atomic E-state index is 12.5. The highest BCUT2D eigenvalue weighted by atomic mass is 32.2. The summed E-state index contributed by atoms with van der Waals surface area (Å²) in [5, 5.41) is 6.89. The maximum absolute atomic E-state index is 12.5. The van der Waals surface area contributed by atoms with Gasteiger partial charge in [-0.1, -0.05) is 12.1 Å². The van der Waals surface area contributed by atoms with Crippen molar-refractivity contribution >= 4 is 24.5 Å². The second-order valence-electron chi connectivity index (χ2n) is 7.99. The zero-order valence-corrected chi connectivity index (χ0v) is 16.7. The van der Waals surface area contributed by atoms with Crippen LogP contribution in [0.5, 0.6) is 0 Å². The summed E-state index contributed by atoms with van der Waals surface area (Å²) in [5.41, 5.74) is 0.600. The molecule has 0 saturated heterocycles. The summed E-state index contributed by atoms with van der Waals surface area (Å²) >= 11 is 1.44. The molecular formula is C19H29NO4S. The summed E-state index contributed by atoms with van der Waals surface area (Å²) < 4.78 is 7.25. The van der Waals surface area contributed by atoms with Gasteiger partial charge in [-0.2, -0.15) is 0 Å². The van der Waals surface area contributed by atoms with Gasteiger partial charge >= 0.3 is 6.09 Å². The molecule has 0 aliphatic heterocycles. The average Bonchev–Trinajstić information content (AvgIpc) is 3.27. The third kappa shape index (κ3) is 7.82. The Balaban J connectivity index is 0.000000970. The van der Waals surface area contributed by atoms with E-state index in [2.05, 4.69) is 24.3 Å². The van der Waals surface area contributed by atoms with E-state index in [-0.39, 0.29) is 18.1 Å². The first-order valence-electron chi connectivity index (χ1n) is 8.37. The summed E-state index contributed by atoms with van der Waals surface area (Å²) in [4.78, 5) is 21.9. The third-order valence-electron chi connectivity index (χ3n) is 3.29. The smallest absolute Gasteiger partial charge is 0.421 e. The molecule has 0 spiro atoms. The summed E-state index contributed by atoms with van der Waals surface area (Å²) in [6.07, 6.45) is 2.31. The van der Waals surface area contributed by atoms with Gasteiger partial charge in [0.05, 0.1) is 0 Å². The number of carbonyl (C=O) groups excluding carboxylic acids is 1. The monoisotopic (exact) mass is 367 g/mol. The number of ether oxygens (including phenoxy) is 1. The quantitative estimate of drug-likeness (QED) is 0.579. The zero-order valence-electron chi connectivity index (χ0n) is 15.9. The molecule has 0 bridgehead atoms. The lowest BCUT2D eigenvalue weighted by molar-refractivity contribution is -0.122. The van der Waals surface area contributed by atoms with E-state index in [1.807, 2.05) is 41.5 Å². The van der Waals surface area contributed by atoms with Crippen LogP contribution in [0, 0.1) is 0 Å². The lowest BCUT2D eigenvalue weighted by Gasteiger charge is -2.35. The second kappa shape index (κ2) is 8.61. The van der Waals surface area contributed by atoms with Crippen molar-refractivity contribution in [2.45, 2.75) is 76.3 Å². The minimum Gasteiger partial charge on any atom is -0.483 e. The minimum atomic E-state index is -0.489. The van der Waals surface area contributed by atoms with Crippen LogP contribution in [0.15, 0.2) is 29.2 Å². The van der Waals surface area contributed by atoms with Gasteiger partial charge in [-0.3, -0.25) is 4.79 Å². The molecule has 140 valence electrons. The van der Waals surface area contributed by atoms with Gasteiger partial charge in [0, 0.05) is 10.4 Å². The van der Waals surface area contributed by atoms with Crippen LogP contribution in [-0.4, -0.2) is 33.1 Å². The number of carbonyl (C=O) groups is 2. The molecule has 1 aromatic carbocycles. The van der Waals surface area contributed by atoms with Crippen molar-refractivity contribution in [3.8, 4) is 0 Å². The first-order chi connectivity index (χ1) is 11.5. The molecule has 1 aliphatic rings. The first-order valence-corrected chi connectivity index (χ1v) is 9.14. The van der Waals surface area contributed by atoms with E-state index in [0.29, 0.717) is 0 Å². The molecular weight excluding hydrogens is 338 g/mol. The topological polar surface area (TPSA) is 66.8 Å². The molecule has 1 N–H and O–H groups in total. The van der Waals surface area contributed by atoms with Crippen LogP contribution in [0.2, 0.25) is 0 Å². The average molecular weight is 368 g/mol. The van der Waals surface area contributed by atoms with Gasteiger partial charge < -0.3 is 9.84 Å². The second-order valence-corrected chi connectivity index (χ2v) is 9.00. The Morgan fingerprint density at radius 2 is 1.64 bits per heavy atom. The molecule has 0 radical (unpaired) electrons. The van der Waals surface area contributed by atoms with E-state index in [0.717, 1.165) is 10.8 Å². The SMILES string of the molecule is CC(C)(C)OC(=O)N(Sc1ccc(C2CC2)cc1)C(C)(C)C.O=CO. The highest BCUT2D eigenvalue weighted by Crippen LogP contribution is 2.41. The molecule has 5 nitrogen and oxygen atoms in total. The van der Waals surface area contributed by atoms with Crippen LogP contribution in [0.25, 0.3) is 0 Å². The molecule has 0 heterocycles. The molecule has 1 aliphatic carbocycles. The number of rotatable bonds is 3. The van der Waals surface area contributed by atoms with Crippen molar-refractivity contribution in [1.82, 2.24) is 4.31 Å². The van der Waals surface area contributed by atoms with Crippen LogP contribution in [0.4, 0.5) is 4.79 Å². The molecule has 1 saturated carbocycles. The molecule has 6 heteroatoms. The third-order valence-corrected chi connectivity index (χ3v) is 4.66. The zero-order chi connectivity index (χ0) is 19.3. The van der Waals surface area contributed by atoms with Gasteiger partial charge in [-0.05, 0) is 89.9 Å². The van der Waals surface area contributed by atoms with E-state index in [1.165, 1.54) is 30.4 Å². The van der Waals surface area contributed by atoms with E-state index >= 15 is 0 Å². The molecule has 0 unspecified atom stereocenters. The molecule has 1 amide bonds. The van der Waals surface area contributed by atoms with Gasteiger partial charge in [-0.15, -0.1) is 0 Å². The van der Waals surface area contributed by atoms with Crippen LogP contribution < -0.4 is 0 Å². The molecule has 25 heavy (non-hydrogen) atoms. The fourth-order valence-corrected chi connectivity index (χ4v) is 2.93. The van der Waals surface area contributed by atoms with Gasteiger partial charge in [-0.25, -0.2) is 9.10 Å². The number of benzene rings is 1. The predicted molar refractivity (Wildman–Crippen MR) is 101 cm³/mol. The van der Waals surface area contributed by atoms with E-state index in [1.54, 1.807) is 4.31 Å². The van der Waals surface area contributed by atoms with Crippen LogP contribution in [-0.2, 0) is 9.53 Å². The molecule has 1 aromatic rings. The van der Waals surface area contributed by atoms with Crippen molar-refractivity contribution in [3.05, 3.63) is 29.8 Å². The van der Waals surface area contributed by atoms with Crippen LogP contribution >= 0.6 is 11.9 Å². The normalized spacial score (nSPS) is 14.2. The summed E-state index contributed by atoms with van der Waals surface area (Å²) in [5.74, 6) is 0.753. The Morgan fingerprint density at radius 3 is 2.00 bits per heavy atom. The Morgan fingerprint density at radius 1 is 1.16 bits per heavy atom. The lowest BCUT2D eigenvalue weighted by atomic mass is 10.1. The van der Waals surface area contributed by atoms with Crippen molar-refractivity contribution in [3.63, 3.8) is 0 Å². The van der Waals surface area contributed by atoms with Crippen LogP contribution in [0.1, 0.15) is 65.9 Å². The summed E-state index contributed by atoms with van der Waals surface area (Å²) in [6, 6.07) is 8.55.